The summed E-state index contributed by atoms with van der Waals surface area (Å²) in [7, 11) is 2.17. The lowest BCUT2D eigenvalue weighted by Gasteiger charge is -2.39. The predicted octanol–water partition coefficient (Wildman–Crippen LogP) is 1.09. The molecule has 122 valence electrons. The minimum absolute atomic E-state index is 0.178. The SMILES string of the molecule is CN1CCN(N2CCCN(C(=O)OC(C)(C)C)CC2)CC1. The van der Waals surface area contributed by atoms with Crippen LogP contribution in [0.5, 0.6) is 0 Å². The van der Waals surface area contributed by atoms with Gasteiger partial charge in [-0.2, -0.15) is 0 Å². The highest BCUT2D eigenvalue weighted by Crippen LogP contribution is 2.13. The lowest BCUT2D eigenvalue weighted by Crippen LogP contribution is -2.53. The molecule has 0 aliphatic carbocycles. The van der Waals surface area contributed by atoms with Gasteiger partial charge in [0.1, 0.15) is 5.60 Å². The van der Waals surface area contributed by atoms with E-state index in [2.05, 4.69) is 22.0 Å². The van der Waals surface area contributed by atoms with Crippen LogP contribution in [0.2, 0.25) is 0 Å². The van der Waals surface area contributed by atoms with Crippen molar-refractivity contribution in [3.05, 3.63) is 0 Å². The summed E-state index contributed by atoms with van der Waals surface area (Å²) in [6.07, 6.45) is 0.828. The zero-order valence-corrected chi connectivity index (χ0v) is 14.0. The number of carbonyl (C=O) groups excluding carboxylic acids is 1. The summed E-state index contributed by atoms with van der Waals surface area (Å²) in [5, 5.41) is 4.86. The Bertz CT molecular complexity index is 348. The number of rotatable bonds is 1. The largest absolute Gasteiger partial charge is 0.444 e. The Kier molecular flexibility index (Phi) is 5.46. The van der Waals surface area contributed by atoms with E-state index in [1.165, 1.54) is 0 Å². The molecule has 2 saturated heterocycles. The minimum Gasteiger partial charge on any atom is -0.444 e. The molecule has 6 nitrogen and oxygen atoms in total. The van der Waals surface area contributed by atoms with Gasteiger partial charge in [0.15, 0.2) is 0 Å². The molecule has 2 aliphatic rings. The Balaban J connectivity index is 1.83. The van der Waals surface area contributed by atoms with Crippen molar-refractivity contribution in [1.82, 2.24) is 19.8 Å². The number of amides is 1. The highest BCUT2D eigenvalue weighted by molar-refractivity contribution is 5.68. The van der Waals surface area contributed by atoms with E-state index in [0.717, 1.165) is 58.8 Å². The molecule has 0 aromatic rings. The maximum absolute atomic E-state index is 12.2. The Morgan fingerprint density at radius 3 is 2.05 bits per heavy atom. The van der Waals surface area contributed by atoms with Gasteiger partial charge < -0.3 is 14.5 Å². The van der Waals surface area contributed by atoms with E-state index in [1.807, 2.05) is 25.7 Å². The third-order valence-corrected chi connectivity index (χ3v) is 4.00. The molecule has 2 rings (SSSR count). The van der Waals surface area contributed by atoms with Crippen molar-refractivity contribution in [2.75, 3.05) is 59.4 Å². The van der Waals surface area contributed by atoms with Crippen molar-refractivity contribution in [3.8, 4) is 0 Å². The topological polar surface area (TPSA) is 39.3 Å². The first-order chi connectivity index (χ1) is 9.85. The smallest absolute Gasteiger partial charge is 0.410 e. The first kappa shape index (κ1) is 16.5. The number of piperazine rings is 1. The van der Waals surface area contributed by atoms with Crippen LogP contribution in [-0.2, 0) is 4.74 Å². The van der Waals surface area contributed by atoms with Gasteiger partial charge >= 0.3 is 6.09 Å². The van der Waals surface area contributed by atoms with Crippen LogP contribution >= 0.6 is 0 Å². The summed E-state index contributed by atoms with van der Waals surface area (Å²) >= 11 is 0. The Hall–Kier alpha value is -0.850. The van der Waals surface area contributed by atoms with E-state index in [9.17, 15) is 4.79 Å². The van der Waals surface area contributed by atoms with Crippen LogP contribution < -0.4 is 0 Å². The van der Waals surface area contributed by atoms with Crippen molar-refractivity contribution in [2.45, 2.75) is 32.8 Å². The number of hydrogen-bond acceptors (Lipinski definition) is 5. The lowest BCUT2D eigenvalue weighted by molar-refractivity contribution is -0.0507. The number of nitrogens with zero attached hydrogens (tertiary/aromatic N) is 4. The third-order valence-electron chi connectivity index (χ3n) is 4.00. The van der Waals surface area contributed by atoms with Crippen molar-refractivity contribution >= 4 is 6.09 Å². The number of hydrogen-bond donors (Lipinski definition) is 0. The second kappa shape index (κ2) is 6.94. The molecule has 0 radical (unpaired) electrons. The van der Waals surface area contributed by atoms with E-state index in [-0.39, 0.29) is 6.09 Å². The maximum Gasteiger partial charge on any atom is 0.410 e. The van der Waals surface area contributed by atoms with Gasteiger partial charge in [0, 0.05) is 52.4 Å². The highest BCUT2D eigenvalue weighted by Gasteiger charge is 2.27. The molecule has 0 bridgehead atoms. The first-order valence-electron chi connectivity index (χ1n) is 8.01. The van der Waals surface area contributed by atoms with Gasteiger partial charge in [0.2, 0.25) is 0 Å². The quantitative estimate of drug-likeness (QED) is 0.725. The molecule has 1 amide bonds. The van der Waals surface area contributed by atoms with Crippen LogP contribution in [0.3, 0.4) is 0 Å². The van der Waals surface area contributed by atoms with Crippen molar-refractivity contribution in [2.24, 2.45) is 0 Å². The van der Waals surface area contributed by atoms with Gasteiger partial charge in [-0.1, -0.05) is 0 Å². The highest BCUT2D eigenvalue weighted by atomic mass is 16.6. The summed E-state index contributed by atoms with van der Waals surface area (Å²) in [5.41, 5.74) is -0.416. The number of ether oxygens (including phenoxy) is 1. The standard InChI is InChI=1S/C15H30N4O2/c1-15(2,3)21-14(20)17-6-5-7-18(13-10-17)19-11-8-16(4)9-12-19/h5-13H2,1-4H3. The zero-order chi connectivity index (χ0) is 15.5. The summed E-state index contributed by atoms with van der Waals surface area (Å²) in [4.78, 5) is 16.4. The van der Waals surface area contributed by atoms with Crippen LogP contribution in [0.15, 0.2) is 0 Å². The maximum atomic E-state index is 12.2. The van der Waals surface area contributed by atoms with Crippen LogP contribution in [0.4, 0.5) is 4.79 Å². The molecule has 6 heteroatoms. The van der Waals surface area contributed by atoms with Crippen LogP contribution in [0, 0.1) is 0 Å². The number of hydrazine groups is 1. The molecular weight excluding hydrogens is 268 g/mol. The minimum atomic E-state index is -0.416. The van der Waals surface area contributed by atoms with Crippen molar-refractivity contribution < 1.29 is 9.53 Å². The molecule has 0 spiro atoms. The summed E-state index contributed by atoms with van der Waals surface area (Å²) in [6, 6.07) is 0. The second-order valence-electron chi connectivity index (χ2n) is 7.03. The van der Waals surface area contributed by atoms with E-state index >= 15 is 0 Å². The molecule has 2 fully saturated rings. The van der Waals surface area contributed by atoms with E-state index in [0.29, 0.717) is 0 Å². The number of carbonyl (C=O) groups is 1. The fourth-order valence-corrected chi connectivity index (χ4v) is 2.77. The summed E-state index contributed by atoms with van der Waals surface area (Å²) < 4.78 is 5.48. The third kappa shape index (κ3) is 5.13. The van der Waals surface area contributed by atoms with Crippen LogP contribution in [0.25, 0.3) is 0 Å². The van der Waals surface area contributed by atoms with Gasteiger partial charge in [0.05, 0.1) is 0 Å². The molecule has 0 aromatic carbocycles. The first-order valence-corrected chi connectivity index (χ1v) is 8.01. The molecule has 0 N–H and O–H groups in total. The van der Waals surface area contributed by atoms with Gasteiger partial charge in [-0.25, -0.2) is 14.8 Å². The lowest BCUT2D eigenvalue weighted by atomic mass is 10.2. The zero-order valence-electron chi connectivity index (χ0n) is 14.0. The predicted molar refractivity (Wildman–Crippen MR) is 83.1 cm³/mol. The molecular formula is C15H30N4O2. The molecule has 0 atom stereocenters. The van der Waals surface area contributed by atoms with Crippen LogP contribution in [-0.4, -0.2) is 90.9 Å². The Morgan fingerprint density at radius 2 is 1.43 bits per heavy atom. The van der Waals surface area contributed by atoms with Gasteiger partial charge in [-0.05, 0) is 34.2 Å². The second-order valence-corrected chi connectivity index (χ2v) is 7.03. The van der Waals surface area contributed by atoms with Gasteiger partial charge in [-0.15, -0.1) is 0 Å². The summed E-state index contributed by atoms with van der Waals surface area (Å²) in [5.74, 6) is 0. The average Bonchev–Trinajstić information content (AvgIpc) is 2.63. The van der Waals surface area contributed by atoms with E-state index < -0.39 is 5.60 Å². The Morgan fingerprint density at radius 1 is 0.857 bits per heavy atom. The van der Waals surface area contributed by atoms with E-state index in [1.54, 1.807) is 0 Å². The Labute approximate surface area is 128 Å². The van der Waals surface area contributed by atoms with Gasteiger partial charge in [-0.3, -0.25) is 0 Å². The normalized spacial score (nSPS) is 23.9. The monoisotopic (exact) mass is 298 g/mol. The van der Waals surface area contributed by atoms with Crippen molar-refractivity contribution in [3.63, 3.8) is 0 Å². The molecule has 2 heterocycles. The van der Waals surface area contributed by atoms with E-state index in [4.69, 9.17) is 4.74 Å². The van der Waals surface area contributed by atoms with Crippen LogP contribution in [0.1, 0.15) is 27.2 Å². The number of likely N-dealkylation sites (N-methyl/N-ethyl adjacent to an activating group) is 1. The summed E-state index contributed by atoms with van der Waals surface area (Å²) in [6.45, 7) is 13.6. The average molecular weight is 298 g/mol. The molecule has 0 unspecified atom stereocenters. The fraction of sp³-hybridized carbons (Fsp3) is 0.933. The van der Waals surface area contributed by atoms with Crippen molar-refractivity contribution in [1.29, 1.82) is 0 Å². The molecule has 21 heavy (non-hydrogen) atoms. The molecule has 2 aliphatic heterocycles. The fourth-order valence-electron chi connectivity index (χ4n) is 2.77. The molecule has 0 aromatic heterocycles. The van der Waals surface area contributed by atoms with Gasteiger partial charge in [0.25, 0.3) is 0 Å². The molecule has 0 saturated carbocycles.